The Hall–Kier alpha value is -16.2. The molecule has 141 heavy (non-hydrogen) atoms. The second-order valence-corrected chi connectivity index (χ2v) is 35.8. The molecule has 0 unspecified atom stereocenters. The van der Waals surface area contributed by atoms with Gasteiger partial charge in [-0.25, -0.2) is 9.97 Å². The minimum Gasteiger partial charge on any atom is -0.510 e. The van der Waals surface area contributed by atoms with E-state index < -0.39 is 171 Å². The summed E-state index contributed by atoms with van der Waals surface area (Å²) >= 11 is 0. The van der Waals surface area contributed by atoms with Crippen molar-refractivity contribution in [3.05, 3.63) is 496 Å². The number of benzene rings is 18. The van der Waals surface area contributed by atoms with Gasteiger partial charge in [-0.1, -0.05) is 391 Å². The summed E-state index contributed by atoms with van der Waals surface area (Å²) in [5, 5.41) is 4.07. The monoisotopic (exact) mass is 2200 g/mol. The summed E-state index contributed by atoms with van der Waals surface area (Å²) in [6, 6.07) is 101. The number of ether oxygens (including phenoxy) is 2. The van der Waals surface area contributed by atoms with Gasteiger partial charge in [0.15, 0.2) is 0 Å². The first-order valence-corrected chi connectivity index (χ1v) is 45.5. The zero-order chi connectivity index (χ0) is 111. The van der Waals surface area contributed by atoms with Crippen LogP contribution in [0.4, 0.5) is 0 Å². The maximum absolute atomic E-state index is 9.73. The molecule has 686 valence electrons. The smallest absolute Gasteiger partial charge is 0.268 e. The van der Waals surface area contributed by atoms with Crippen LogP contribution in [0.2, 0.25) is 0 Å². The molecule has 6 heterocycles. The van der Waals surface area contributed by atoms with Gasteiger partial charge >= 0.3 is 0 Å². The van der Waals surface area contributed by atoms with E-state index in [1.807, 2.05) is 71.4 Å². The van der Waals surface area contributed by atoms with Crippen LogP contribution in [0.3, 0.4) is 0 Å². The molecular formula is C129H94N8O2Pt2-4. The minimum absolute atomic E-state index is 0. The van der Waals surface area contributed by atoms with Crippen LogP contribution < -0.4 is 18.6 Å². The Labute approximate surface area is 878 Å². The van der Waals surface area contributed by atoms with Gasteiger partial charge in [-0.05, 0) is 176 Å². The number of para-hydroxylation sites is 8. The zero-order valence-corrected chi connectivity index (χ0v) is 81.7. The van der Waals surface area contributed by atoms with Crippen molar-refractivity contribution in [1.82, 2.24) is 28.2 Å². The Balaban J connectivity index is 0.000000189. The van der Waals surface area contributed by atoms with Crippen molar-refractivity contribution in [2.75, 3.05) is 0 Å². The van der Waals surface area contributed by atoms with E-state index in [-0.39, 0.29) is 75.5 Å². The first-order valence-electron chi connectivity index (χ1n) is 55.5. The van der Waals surface area contributed by atoms with Crippen molar-refractivity contribution >= 4 is 65.7 Å². The van der Waals surface area contributed by atoms with Gasteiger partial charge in [-0.15, -0.1) is 59.3 Å². The van der Waals surface area contributed by atoms with E-state index in [1.54, 1.807) is 54.7 Å². The van der Waals surface area contributed by atoms with Crippen LogP contribution >= 0.6 is 0 Å². The predicted molar refractivity (Wildman–Crippen MR) is 566 cm³/mol. The fraction of sp³-hybridized carbons (Fsp3) is 0.0698. The van der Waals surface area contributed by atoms with Gasteiger partial charge in [0.25, 0.3) is 12.7 Å². The number of fused-ring (bicyclic) bond motifs is 8. The van der Waals surface area contributed by atoms with Crippen molar-refractivity contribution in [2.45, 2.75) is 59.3 Å². The molecule has 0 fully saturated rings. The molecule has 0 aliphatic carbocycles. The molecule has 0 aliphatic rings. The van der Waals surface area contributed by atoms with Crippen LogP contribution in [-0.4, -0.2) is 28.2 Å². The largest absolute Gasteiger partial charge is 0.510 e. The Morgan fingerprint density at radius 3 is 1.07 bits per heavy atom. The Kier molecular flexibility index (Phi) is 19.3. The Morgan fingerprint density at radius 2 is 0.638 bits per heavy atom. The van der Waals surface area contributed by atoms with E-state index in [0.29, 0.717) is 34.1 Å². The molecule has 24 rings (SSSR count). The van der Waals surface area contributed by atoms with Gasteiger partial charge in [0.1, 0.15) is 11.6 Å². The molecule has 0 aliphatic heterocycles. The van der Waals surface area contributed by atoms with Gasteiger partial charge in [0, 0.05) is 88.6 Å². The first kappa shape index (κ1) is 70.4. The van der Waals surface area contributed by atoms with Crippen molar-refractivity contribution < 1.29 is 88.2 Å². The van der Waals surface area contributed by atoms with E-state index in [4.69, 9.17) is 31.8 Å². The summed E-state index contributed by atoms with van der Waals surface area (Å²) in [6.07, 6.45) is 10.7. The standard InChI is InChI=1S/C65H48N4O.C64H46N4O.2Pt/c1-44-24-26-46(27-25-44)48-30-34-50(35-31-48)56-20-13-19-55(49-32-28-47(29-33-49)45-14-6-5-7-15-45)64(56)68-43-67(60-22-10-11-23-61(60)68)52-16-12-17-53(41-52)70-54-36-37-58-57-18-8-9-21-59(57)69(62(58)42-54)63-40-51(38-39-66-63)65(2,3)4;1-64(2,3)50-38-39-65-62(40-50)68-58-25-11-10-22-56(58)57-37-36-53(42-61(57)68)69-52-21-14-20-51(41-52)66-43-67(60-27-13-12-26-59(60)66)63-54(48-32-28-46(29-33-48)44-16-6-4-7-17-44)23-15-24-55(63)49-34-30-47(31-35-49)45-18-8-5-9-19-45;;/h5-40H,1-4H3;4-40H,1-3H3;;/q2*-2;;/i5D,6D,7D,13D,14D,15D,19D,20D,24D,25D,26D,27D,28D,29D,30D,31D,32D,33D,34D,35D;;;. The van der Waals surface area contributed by atoms with E-state index >= 15 is 0 Å². The van der Waals surface area contributed by atoms with Crippen molar-refractivity contribution in [1.29, 1.82) is 0 Å². The molecule has 0 saturated heterocycles. The molecule has 24 aromatic rings. The van der Waals surface area contributed by atoms with Crippen molar-refractivity contribution in [3.8, 4) is 146 Å². The summed E-state index contributed by atoms with van der Waals surface area (Å²) in [4.78, 5) is 9.65. The molecule has 0 saturated carbocycles. The topological polar surface area (TPSA) is 71.7 Å². The van der Waals surface area contributed by atoms with Gasteiger partial charge in [-0.2, -0.15) is 36.4 Å². The number of hydrogen-bond donors (Lipinski definition) is 0. The second-order valence-electron chi connectivity index (χ2n) is 35.8. The third kappa shape index (κ3) is 18.0. The van der Waals surface area contributed by atoms with Crippen LogP contribution in [-0.2, 0) is 53.0 Å². The number of aromatic nitrogens is 8. The molecule has 18 aromatic carbocycles. The molecular weight excluding hydrogens is 2080 g/mol. The second kappa shape index (κ2) is 38.6. The fourth-order valence-electron chi connectivity index (χ4n) is 17.8. The fourth-order valence-corrected chi connectivity index (χ4v) is 17.8. The normalized spacial score (nSPS) is 13.5. The average molecular weight is 2200 g/mol. The van der Waals surface area contributed by atoms with Crippen molar-refractivity contribution in [3.63, 3.8) is 0 Å². The van der Waals surface area contributed by atoms with E-state index in [9.17, 15) is 15.1 Å². The van der Waals surface area contributed by atoms with Gasteiger partial charge in [0.05, 0.1) is 60.9 Å². The van der Waals surface area contributed by atoms with Crippen LogP contribution in [0, 0.1) is 43.8 Å². The SMILES string of the molecule is CC(C)(C)c1ccnc(-n2c3[c-]c(Oc4[c-]c(-n5[c-][n+](-c6c(-c7ccc(-c8ccccc8)cc7)cccc6-c6ccc(-c7ccccc7)cc6)c6ccccc65)ccc4)ccc3c3ccccc32)c1.[2H]c1c([2H])c([2H])c(-c2c([2H])c([2H])c(-c3c([2H])c([2H])c([2H])c(-c4c([2H])c([2H])c(-c5c([2H])c([2H])c(C)c([2H])c5[2H])c([2H])c4[2H])c3-[n+]3[c-]n(-c4[c-]c(Oc5[c-]c6c(cc5)c5ccccc5n6-c5cc(C(C)(C)C)ccn5)ccc4)c4ccccc43)c([2H])c2[2H])c([2H])c1[2H].[Pt].[Pt]. The summed E-state index contributed by atoms with van der Waals surface area (Å²) in [5.41, 5.74) is 13.6. The summed E-state index contributed by atoms with van der Waals surface area (Å²) in [5.74, 6) is 3.17. The molecule has 0 spiro atoms. The Bertz CT molecular complexity index is 9730. The van der Waals surface area contributed by atoms with E-state index in [2.05, 4.69) is 292 Å². The number of imidazole rings is 2. The molecule has 0 N–H and O–H groups in total. The molecule has 0 bridgehead atoms. The first-order chi connectivity index (χ1) is 76.4. The molecule has 0 atom stereocenters. The minimum atomic E-state index is -0.944. The average Bonchev–Trinajstić information content (AvgIpc) is 1.67. The van der Waals surface area contributed by atoms with Crippen LogP contribution in [0.25, 0.3) is 189 Å². The predicted octanol–water partition coefficient (Wildman–Crippen LogP) is 31.4. The van der Waals surface area contributed by atoms with Gasteiger partial charge in [-0.3, -0.25) is 9.13 Å². The van der Waals surface area contributed by atoms with Gasteiger partial charge in [0.2, 0.25) is 0 Å². The van der Waals surface area contributed by atoms with Crippen molar-refractivity contribution in [2.24, 2.45) is 0 Å². The number of hydrogen-bond acceptors (Lipinski definition) is 4. The van der Waals surface area contributed by atoms with Crippen LogP contribution in [0.15, 0.2) is 443 Å². The quantitative estimate of drug-likeness (QED) is 0.0634. The third-order valence-electron chi connectivity index (χ3n) is 24.8. The summed E-state index contributed by atoms with van der Waals surface area (Å²) in [6.45, 7) is 14.4. The Morgan fingerprint density at radius 1 is 0.284 bits per heavy atom. The van der Waals surface area contributed by atoms with Gasteiger partial charge < -0.3 is 27.7 Å². The number of nitrogens with zero attached hydrogens (tertiary/aromatic N) is 8. The maximum atomic E-state index is 9.73. The van der Waals surface area contributed by atoms with E-state index in [0.717, 1.165) is 94.1 Å². The van der Waals surface area contributed by atoms with Crippen LogP contribution in [0.5, 0.6) is 23.0 Å². The molecule has 10 nitrogen and oxygen atoms in total. The molecule has 12 heteroatoms. The third-order valence-corrected chi connectivity index (χ3v) is 24.8. The summed E-state index contributed by atoms with van der Waals surface area (Å²) in [7, 11) is 0. The zero-order valence-electron chi connectivity index (χ0n) is 97.1. The number of rotatable bonds is 18. The molecule has 0 amide bonds. The molecule has 0 radical (unpaired) electrons. The summed E-state index contributed by atoms with van der Waals surface area (Å²) < 4.78 is 207. The van der Waals surface area contributed by atoms with Crippen LogP contribution in [0.1, 0.15) is 85.6 Å². The molecule has 6 aromatic heterocycles. The number of pyridine rings is 2. The van der Waals surface area contributed by atoms with E-state index in [1.165, 1.54) is 43.9 Å². The maximum Gasteiger partial charge on any atom is 0.268 e.